The lowest BCUT2D eigenvalue weighted by molar-refractivity contribution is 0.138. The number of H-pyrrole nitrogens is 1. The Bertz CT molecular complexity index is 876. The van der Waals surface area contributed by atoms with Crippen molar-refractivity contribution in [1.29, 1.82) is 0 Å². The molecule has 3 nitrogen and oxygen atoms in total. The molecule has 1 aromatic carbocycles. The van der Waals surface area contributed by atoms with Gasteiger partial charge in [-0.15, -0.1) is 0 Å². The largest absolute Gasteiger partial charge is 0.346 e. The Morgan fingerprint density at radius 3 is 2.62 bits per heavy atom. The van der Waals surface area contributed by atoms with Gasteiger partial charge >= 0.3 is 0 Å². The Morgan fingerprint density at radius 1 is 1.08 bits per heavy atom. The van der Waals surface area contributed by atoms with Crippen LogP contribution in [-0.2, 0) is 5.54 Å². The van der Waals surface area contributed by atoms with Crippen molar-refractivity contribution in [3.05, 3.63) is 72.1 Å². The minimum atomic E-state index is 0.0924. The summed E-state index contributed by atoms with van der Waals surface area (Å²) in [5.74, 6) is 0. The van der Waals surface area contributed by atoms with Gasteiger partial charge in [-0.25, -0.2) is 4.98 Å². The summed E-state index contributed by atoms with van der Waals surface area (Å²) in [6, 6.07) is 15.1. The average molecular weight is 317 g/mol. The number of hydrogen-bond donors (Lipinski definition) is 1. The maximum Gasteiger partial charge on any atom is 0.137 e. The molecular weight excluding hydrogens is 294 g/mol. The van der Waals surface area contributed by atoms with Crippen molar-refractivity contribution in [3.63, 3.8) is 0 Å². The molecule has 0 amide bonds. The van der Waals surface area contributed by atoms with E-state index >= 15 is 0 Å². The molecule has 2 aromatic heterocycles. The highest BCUT2D eigenvalue weighted by atomic mass is 15.1. The fourth-order valence-electron chi connectivity index (χ4n) is 3.98. The zero-order chi connectivity index (χ0) is 16.6. The van der Waals surface area contributed by atoms with E-state index < -0.39 is 0 Å². The van der Waals surface area contributed by atoms with Crippen LogP contribution in [0.3, 0.4) is 0 Å². The maximum atomic E-state index is 4.41. The highest BCUT2D eigenvalue weighted by Gasteiger charge is 2.36. The first-order chi connectivity index (χ1) is 11.7. The molecule has 0 fully saturated rings. The summed E-state index contributed by atoms with van der Waals surface area (Å²) in [6.07, 6.45) is 9.61. The first kappa shape index (κ1) is 15.2. The molecule has 1 unspecified atom stereocenters. The van der Waals surface area contributed by atoms with Gasteiger partial charge in [0, 0.05) is 28.9 Å². The van der Waals surface area contributed by atoms with Gasteiger partial charge in [0.05, 0.1) is 0 Å². The summed E-state index contributed by atoms with van der Waals surface area (Å²) < 4.78 is 0. The number of aromatic nitrogens is 2. The molecule has 0 saturated heterocycles. The molecule has 4 rings (SSSR count). The Kier molecular flexibility index (Phi) is 3.73. The van der Waals surface area contributed by atoms with Crippen molar-refractivity contribution in [2.75, 3.05) is 14.1 Å². The number of hydrogen-bond acceptors (Lipinski definition) is 2. The van der Waals surface area contributed by atoms with Gasteiger partial charge < -0.3 is 4.98 Å². The molecule has 1 aliphatic carbocycles. The van der Waals surface area contributed by atoms with Crippen LogP contribution in [0.25, 0.3) is 16.6 Å². The molecule has 0 bridgehead atoms. The van der Waals surface area contributed by atoms with E-state index in [4.69, 9.17) is 0 Å². The van der Waals surface area contributed by atoms with E-state index in [0.29, 0.717) is 0 Å². The molecule has 1 N–H and O–H groups in total. The number of fused-ring (bicyclic) bond motifs is 1. The zero-order valence-corrected chi connectivity index (χ0v) is 14.3. The number of nitrogens with zero attached hydrogens (tertiary/aromatic N) is 2. The SMILES string of the molecule is CN(C)C1(c2ccccc2)CC=C(c2c[nH]c3ncccc23)CC1. The molecule has 3 aromatic rings. The van der Waals surface area contributed by atoms with Gasteiger partial charge in [-0.05, 0) is 56.6 Å². The Balaban J connectivity index is 1.71. The van der Waals surface area contributed by atoms with Gasteiger partial charge in [0.1, 0.15) is 5.65 Å². The predicted molar refractivity (Wildman–Crippen MR) is 99.7 cm³/mol. The number of pyridine rings is 1. The molecule has 0 saturated carbocycles. The first-order valence-corrected chi connectivity index (χ1v) is 8.55. The zero-order valence-electron chi connectivity index (χ0n) is 14.3. The Morgan fingerprint density at radius 2 is 1.92 bits per heavy atom. The van der Waals surface area contributed by atoms with Crippen LogP contribution >= 0.6 is 0 Å². The van der Waals surface area contributed by atoms with E-state index in [1.807, 2.05) is 12.3 Å². The molecule has 0 radical (unpaired) electrons. The van der Waals surface area contributed by atoms with Gasteiger partial charge in [0.15, 0.2) is 0 Å². The second-order valence-electron chi connectivity index (χ2n) is 6.83. The van der Waals surface area contributed by atoms with E-state index in [2.05, 4.69) is 77.6 Å². The average Bonchev–Trinajstić information content (AvgIpc) is 3.06. The summed E-state index contributed by atoms with van der Waals surface area (Å²) in [6.45, 7) is 0. The maximum absolute atomic E-state index is 4.41. The minimum Gasteiger partial charge on any atom is -0.346 e. The predicted octanol–water partition coefficient (Wildman–Crippen LogP) is 4.59. The van der Waals surface area contributed by atoms with Gasteiger partial charge in [0.2, 0.25) is 0 Å². The molecule has 1 aliphatic rings. The third-order valence-corrected chi connectivity index (χ3v) is 5.46. The van der Waals surface area contributed by atoms with Gasteiger partial charge in [0.25, 0.3) is 0 Å². The fourth-order valence-corrected chi connectivity index (χ4v) is 3.98. The molecular formula is C21H23N3. The molecule has 122 valence electrons. The lowest BCUT2D eigenvalue weighted by Gasteiger charge is -2.43. The first-order valence-electron chi connectivity index (χ1n) is 8.55. The normalized spacial score (nSPS) is 21.2. The quantitative estimate of drug-likeness (QED) is 0.766. The van der Waals surface area contributed by atoms with Crippen LogP contribution < -0.4 is 0 Å². The van der Waals surface area contributed by atoms with E-state index in [1.165, 1.54) is 22.1 Å². The van der Waals surface area contributed by atoms with Gasteiger partial charge in [-0.1, -0.05) is 36.4 Å². The number of allylic oxidation sites excluding steroid dienone is 1. The third kappa shape index (κ3) is 2.36. The smallest absolute Gasteiger partial charge is 0.137 e. The molecule has 0 spiro atoms. The van der Waals surface area contributed by atoms with Gasteiger partial charge in [-0.2, -0.15) is 0 Å². The van der Waals surface area contributed by atoms with Crippen LogP contribution in [0.5, 0.6) is 0 Å². The van der Waals surface area contributed by atoms with Crippen molar-refractivity contribution < 1.29 is 0 Å². The van der Waals surface area contributed by atoms with Crippen molar-refractivity contribution in [3.8, 4) is 0 Å². The van der Waals surface area contributed by atoms with Crippen molar-refractivity contribution >= 4 is 16.6 Å². The summed E-state index contributed by atoms with van der Waals surface area (Å²) in [5, 5.41) is 1.22. The molecule has 3 heteroatoms. The fraction of sp³-hybridized carbons (Fsp3) is 0.286. The lowest BCUT2D eigenvalue weighted by Crippen LogP contribution is -2.42. The molecule has 1 atom stereocenters. The molecule has 0 aliphatic heterocycles. The number of aromatic amines is 1. The van der Waals surface area contributed by atoms with E-state index in [-0.39, 0.29) is 5.54 Å². The van der Waals surface area contributed by atoms with Crippen molar-refractivity contribution in [2.45, 2.75) is 24.8 Å². The summed E-state index contributed by atoms with van der Waals surface area (Å²) in [5.41, 5.74) is 5.21. The Hall–Kier alpha value is -2.39. The van der Waals surface area contributed by atoms with Crippen LogP contribution in [0.15, 0.2) is 60.9 Å². The summed E-state index contributed by atoms with van der Waals surface area (Å²) >= 11 is 0. The van der Waals surface area contributed by atoms with E-state index in [9.17, 15) is 0 Å². The third-order valence-electron chi connectivity index (χ3n) is 5.46. The highest BCUT2D eigenvalue weighted by molar-refractivity contribution is 5.90. The summed E-state index contributed by atoms with van der Waals surface area (Å²) in [7, 11) is 4.39. The van der Waals surface area contributed by atoms with E-state index in [0.717, 1.165) is 24.9 Å². The van der Waals surface area contributed by atoms with Crippen molar-refractivity contribution in [2.24, 2.45) is 0 Å². The monoisotopic (exact) mass is 317 g/mol. The number of nitrogens with one attached hydrogen (secondary N) is 1. The van der Waals surface area contributed by atoms with Crippen LogP contribution in [0.4, 0.5) is 0 Å². The molecule has 24 heavy (non-hydrogen) atoms. The topological polar surface area (TPSA) is 31.9 Å². The number of benzene rings is 1. The van der Waals surface area contributed by atoms with E-state index in [1.54, 1.807) is 0 Å². The van der Waals surface area contributed by atoms with Crippen LogP contribution in [0, 0.1) is 0 Å². The number of rotatable bonds is 3. The standard InChI is InChI=1S/C21H23N3/c1-24(2)21(17-7-4-3-5-8-17)12-10-16(11-13-21)19-15-23-20-18(19)9-6-14-22-20/h3-10,14-15H,11-13H2,1-2H3,(H,22,23). The minimum absolute atomic E-state index is 0.0924. The van der Waals surface area contributed by atoms with Crippen molar-refractivity contribution in [1.82, 2.24) is 14.9 Å². The van der Waals surface area contributed by atoms with Crippen LogP contribution in [0.1, 0.15) is 30.4 Å². The molecule has 2 heterocycles. The van der Waals surface area contributed by atoms with Crippen LogP contribution in [-0.4, -0.2) is 29.0 Å². The lowest BCUT2D eigenvalue weighted by atomic mass is 9.75. The summed E-state index contributed by atoms with van der Waals surface area (Å²) in [4.78, 5) is 10.1. The van der Waals surface area contributed by atoms with Gasteiger partial charge in [-0.3, -0.25) is 4.90 Å². The Labute approximate surface area is 143 Å². The highest BCUT2D eigenvalue weighted by Crippen LogP contribution is 2.43. The van der Waals surface area contributed by atoms with Crippen LogP contribution in [0.2, 0.25) is 0 Å². The second kappa shape index (κ2) is 5.91. The second-order valence-corrected chi connectivity index (χ2v) is 6.83.